The molecule has 1 aliphatic rings. The first-order valence-electron chi connectivity index (χ1n) is 9.74. The van der Waals surface area contributed by atoms with Gasteiger partial charge in [-0.15, -0.1) is 9.90 Å². The molecule has 27 heavy (non-hydrogen) atoms. The number of phenolic OH excluding ortho intramolecular Hbond substituents is 1. The Balaban J connectivity index is 0.00000126. The molecule has 5 heteroatoms. The number of ketones is 1. The summed E-state index contributed by atoms with van der Waals surface area (Å²) in [5.74, 6) is 0.361. The lowest BCUT2D eigenvalue weighted by Gasteiger charge is -2.23. The van der Waals surface area contributed by atoms with E-state index in [-0.39, 0.29) is 16.9 Å². The van der Waals surface area contributed by atoms with E-state index in [1.54, 1.807) is 6.92 Å². The summed E-state index contributed by atoms with van der Waals surface area (Å²) >= 11 is 0. The molecule has 1 aromatic heterocycles. The van der Waals surface area contributed by atoms with Crippen LogP contribution >= 0.6 is 0 Å². The highest BCUT2D eigenvalue weighted by Gasteiger charge is 2.24. The fourth-order valence-electron chi connectivity index (χ4n) is 3.04. The van der Waals surface area contributed by atoms with Gasteiger partial charge in [0.1, 0.15) is 22.9 Å². The number of benzene rings is 1. The molecule has 0 saturated carbocycles. The quantitative estimate of drug-likeness (QED) is 0.842. The average Bonchev–Trinajstić information content (AvgIpc) is 3.05. The van der Waals surface area contributed by atoms with Crippen molar-refractivity contribution >= 4 is 11.9 Å². The van der Waals surface area contributed by atoms with Crippen LogP contribution in [0.15, 0.2) is 18.2 Å². The van der Waals surface area contributed by atoms with E-state index in [1.165, 1.54) is 4.80 Å². The van der Waals surface area contributed by atoms with E-state index in [4.69, 9.17) is 0 Å². The number of aryl methyl sites for hydroxylation is 2. The van der Waals surface area contributed by atoms with Crippen LogP contribution in [0.5, 0.6) is 5.75 Å². The third-order valence-corrected chi connectivity index (χ3v) is 4.48. The summed E-state index contributed by atoms with van der Waals surface area (Å²) in [5, 5.41) is 20.0. The molecule has 146 valence electrons. The SMILES string of the molecule is CC.CC(=O)CCc1cc(-n2nc3c(n2)CCC=C3)c(O)c(C(C)(C)C)c1. The largest absolute Gasteiger partial charge is 0.505 e. The monoisotopic (exact) mass is 369 g/mol. The molecule has 1 aromatic carbocycles. The van der Waals surface area contributed by atoms with Crippen molar-refractivity contribution in [1.82, 2.24) is 15.0 Å². The first-order valence-corrected chi connectivity index (χ1v) is 9.74. The summed E-state index contributed by atoms with van der Waals surface area (Å²) in [5.41, 5.74) is 4.02. The van der Waals surface area contributed by atoms with Gasteiger partial charge in [0.2, 0.25) is 0 Å². The summed E-state index contributed by atoms with van der Waals surface area (Å²) < 4.78 is 0. The topological polar surface area (TPSA) is 68.0 Å². The number of phenols is 1. The van der Waals surface area contributed by atoms with Crippen LogP contribution in [0.2, 0.25) is 0 Å². The minimum atomic E-state index is -0.224. The Morgan fingerprint density at radius 3 is 2.52 bits per heavy atom. The molecule has 1 heterocycles. The molecule has 1 aliphatic carbocycles. The van der Waals surface area contributed by atoms with Crippen LogP contribution in [0.3, 0.4) is 0 Å². The first kappa shape index (κ1) is 20.9. The van der Waals surface area contributed by atoms with Crippen molar-refractivity contribution in [1.29, 1.82) is 0 Å². The summed E-state index contributed by atoms with van der Waals surface area (Å²) in [7, 11) is 0. The Morgan fingerprint density at radius 2 is 1.93 bits per heavy atom. The van der Waals surface area contributed by atoms with Gasteiger partial charge < -0.3 is 9.90 Å². The number of Topliss-reactive ketones (excluding diaryl/α,β-unsaturated/α-hetero) is 1. The number of fused-ring (bicyclic) bond motifs is 1. The van der Waals surface area contributed by atoms with Crippen LogP contribution in [0, 0.1) is 0 Å². The normalized spacial score (nSPS) is 13.0. The number of aromatic hydroxyl groups is 1. The summed E-state index contributed by atoms with van der Waals surface area (Å²) in [4.78, 5) is 12.9. The molecule has 0 radical (unpaired) electrons. The maximum atomic E-state index is 11.4. The van der Waals surface area contributed by atoms with Gasteiger partial charge in [-0.2, -0.15) is 5.10 Å². The van der Waals surface area contributed by atoms with E-state index in [0.29, 0.717) is 18.5 Å². The van der Waals surface area contributed by atoms with Crippen molar-refractivity contribution in [2.75, 3.05) is 0 Å². The van der Waals surface area contributed by atoms with Gasteiger partial charge in [-0.05, 0) is 49.3 Å². The second kappa shape index (κ2) is 8.51. The third kappa shape index (κ3) is 4.85. The molecule has 3 rings (SSSR count). The van der Waals surface area contributed by atoms with Crippen LogP contribution in [0.25, 0.3) is 11.8 Å². The molecule has 5 nitrogen and oxygen atoms in total. The minimum Gasteiger partial charge on any atom is -0.505 e. The molecular formula is C22H31N3O2. The van der Waals surface area contributed by atoms with Gasteiger partial charge in [-0.3, -0.25) is 0 Å². The van der Waals surface area contributed by atoms with E-state index >= 15 is 0 Å². The lowest BCUT2D eigenvalue weighted by atomic mass is 9.84. The van der Waals surface area contributed by atoms with E-state index in [0.717, 1.165) is 35.4 Å². The minimum absolute atomic E-state index is 0.157. The van der Waals surface area contributed by atoms with Gasteiger partial charge in [0.15, 0.2) is 0 Å². The predicted octanol–water partition coefficient (Wildman–Crippen LogP) is 4.78. The van der Waals surface area contributed by atoms with Crippen LogP contribution in [0.1, 0.15) is 76.9 Å². The summed E-state index contributed by atoms with van der Waals surface area (Å²) in [6.45, 7) is 11.8. The lowest BCUT2D eigenvalue weighted by Crippen LogP contribution is -2.14. The van der Waals surface area contributed by atoms with Gasteiger partial charge in [0.25, 0.3) is 0 Å². The zero-order chi connectivity index (χ0) is 20.2. The lowest BCUT2D eigenvalue weighted by molar-refractivity contribution is -0.116. The first-order chi connectivity index (χ1) is 12.8. The van der Waals surface area contributed by atoms with Crippen molar-refractivity contribution in [3.8, 4) is 11.4 Å². The zero-order valence-electron chi connectivity index (χ0n) is 17.3. The third-order valence-electron chi connectivity index (χ3n) is 4.48. The second-order valence-electron chi connectivity index (χ2n) is 7.73. The Kier molecular flexibility index (Phi) is 6.58. The fourth-order valence-corrected chi connectivity index (χ4v) is 3.04. The Morgan fingerprint density at radius 1 is 1.22 bits per heavy atom. The smallest absolute Gasteiger partial charge is 0.146 e. The summed E-state index contributed by atoms with van der Waals surface area (Å²) in [6.07, 6.45) is 7.02. The number of hydrogen-bond acceptors (Lipinski definition) is 4. The Bertz CT molecular complexity index is 842. The van der Waals surface area contributed by atoms with Gasteiger partial charge in [-0.25, -0.2) is 0 Å². The molecule has 0 atom stereocenters. The highest BCUT2D eigenvalue weighted by Crippen LogP contribution is 2.36. The van der Waals surface area contributed by atoms with Gasteiger partial charge >= 0.3 is 0 Å². The second-order valence-corrected chi connectivity index (χ2v) is 7.73. The maximum Gasteiger partial charge on any atom is 0.146 e. The fraction of sp³-hybridized carbons (Fsp3) is 0.500. The molecular weight excluding hydrogens is 338 g/mol. The van der Waals surface area contributed by atoms with Crippen molar-refractivity contribution in [2.24, 2.45) is 0 Å². The van der Waals surface area contributed by atoms with Gasteiger partial charge in [0.05, 0.1) is 5.69 Å². The molecule has 1 N–H and O–H groups in total. The number of rotatable bonds is 4. The highest BCUT2D eigenvalue weighted by molar-refractivity contribution is 5.75. The number of allylic oxidation sites excluding steroid dienone is 1. The average molecular weight is 370 g/mol. The number of nitrogens with zero attached hydrogens (tertiary/aromatic N) is 3. The molecule has 0 amide bonds. The van der Waals surface area contributed by atoms with Crippen molar-refractivity contribution < 1.29 is 9.90 Å². The number of hydrogen-bond donors (Lipinski definition) is 1. The van der Waals surface area contributed by atoms with Gasteiger partial charge in [-0.1, -0.05) is 46.8 Å². The van der Waals surface area contributed by atoms with Crippen LogP contribution in [0.4, 0.5) is 0 Å². The van der Waals surface area contributed by atoms with E-state index < -0.39 is 0 Å². The maximum absolute atomic E-state index is 11.4. The predicted molar refractivity (Wildman–Crippen MR) is 109 cm³/mol. The van der Waals surface area contributed by atoms with Crippen LogP contribution < -0.4 is 0 Å². The molecule has 0 saturated heterocycles. The Hall–Kier alpha value is -2.43. The molecule has 0 spiro atoms. The molecule has 0 aliphatic heterocycles. The van der Waals surface area contributed by atoms with Crippen molar-refractivity contribution in [3.63, 3.8) is 0 Å². The molecule has 0 fully saturated rings. The molecule has 0 unspecified atom stereocenters. The molecule has 0 bridgehead atoms. The van der Waals surface area contributed by atoms with Gasteiger partial charge in [0, 0.05) is 12.0 Å². The number of carbonyl (C=O) groups is 1. The standard InChI is InChI=1S/C20H25N3O2.C2H6/c1-13(24)9-10-14-11-15(20(2,3)4)19(25)18(12-14)23-21-16-7-5-6-8-17(16)22-23;1-2/h5,7,11-12,25H,6,8-10H2,1-4H3;1-2H3. The van der Waals surface area contributed by atoms with Crippen molar-refractivity contribution in [2.45, 2.75) is 72.6 Å². The highest BCUT2D eigenvalue weighted by atomic mass is 16.3. The van der Waals surface area contributed by atoms with Crippen molar-refractivity contribution in [3.05, 3.63) is 40.7 Å². The Labute approximate surface area is 162 Å². The molecule has 2 aromatic rings. The van der Waals surface area contributed by atoms with E-state index in [9.17, 15) is 9.90 Å². The summed E-state index contributed by atoms with van der Waals surface area (Å²) in [6, 6.07) is 3.88. The number of carbonyl (C=O) groups excluding carboxylic acids is 1. The number of aromatic nitrogens is 3. The van der Waals surface area contributed by atoms with Crippen LogP contribution in [-0.2, 0) is 23.1 Å². The van der Waals surface area contributed by atoms with E-state index in [2.05, 4.69) is 37.0 Å². The van der Waals surface area contributed by atoms with Crippen LogP contribution in [-0.4, -0.2) is 25.9 Å². The van der Waals surface area contributed by atoms with E-state index in [1.807, 2.05) is 32.1 Å². The zero-order valence-corrected chi connectivity index (χ0v) is 17.3.